The molecule has 4 nitrogen and oxygen atoms in total. The second kappa shape index (κ2) is 8.48. The van der Waals surface area contributed by atoms with Gasteiger partial charge in [0.2, 0.25) is 0 Å². The van der Waals surface area contributed by atoms with Crippen LogP contribution >= 0.6 is 11.3 Å². The van der Waals surface area contributed by atoms with Gasteiger partial charge in [-0.15, -0.1) is 11.3 Å². The first-order valence-electron chi connectivity index (χ1n) is 9.66. The molecule has 0 saturated heterocycles. The van der Waals surface area contributed by atoms with Crippen molar-refractivity contribution in [2.75, 3.05) is 0 Å². The van der Waals surface area contributed by atoms with Crippen molar-refractivity contribution < 1.29 is 0 Å². The number of hydrogen-bond acceptors (Lipinski definition) is 4. The van der Waals surface area contributed by atoms with Gasteiger partial charge in [0.05, 0.1) is 10.7 Å². The SMILES string of the molecule is Cc1nc(CCCCc2cccc(-c3nn(C)nc3-c3ccccc3)c2)cs1. The normalized spacial score (nSPS) is 11.1. The first-order valence-corrected chi connectivity index (χ1v) is 10.5. The van der Waals surface area contributed by atoms with Crippen molar-refractivity contribution in [3.63, 3.8) is 0 Å². The molecule has 0 saturated carbocycles. The molecule has 0 aliphatic rings. The Morgan fingerprint density at radius 3 is 2.32 bits per heavy atom. The fourth-order valence-electron chi connectivity index (χ4n) is 3.42. The summed E-state index contributed by atoms with van der Waals surface area (Å²) in [6.07, 6.45) is 4.45. The van der Waals surface area contributed by atoms with E-state index in [1.165, 1.54) is 11.3 Å². The molecule has 0 atom stereocenters. The van der Waals surface area contributed by atoms with Crippen LogP contribution in [-0.4, -0.2) is 20.0 Å². The van der Waals surface area contributed by atoms with Crippen LogP contribution in [0.15, 0.2) is 60.0 Å². The van der Waals surface area contributed by atoms with Gasteiger partial charge >= 0.3 is 0 Å². The number of rotatable bonds is 7. The number of aromatic nitrogens is 4. The standard InChI is InChI=1S/C23H24N4S/c1-17-24-21(16-28-17)14-7-6-9-18-10-8-13-20(15-18)23-22(25-27(2)26-23)19-11-4-3-5-12-19/h3-5,8,10-13,15-16H,6-7,9,14H2,1-2H3. The summed E-state index contributed by atoms with van der Waals surface area (Å²) in [7, 11) is 1.87. The highest BCUT2D eigenvalue weighted by Gasteiger charge is 2.14. The number of hydrogen-bond donors (Lipinski definition) is 0. The average molecular weight is 389 g/mol. The van der Waals surface area contributed by atoms with Crippen molar-refractivity contribution in [1.82, 2.24) is 20.0 Å². The Kier molecular flexibility index (Phi) is 5.63. The summed E-state index contributed by atoms with van der Waals surface area (Å²) in [5.41, 5.74) is 6.65. The summed E-state index contributed by atoms with van der Waals surface area (Å²) in [6, 6.07) is 19.0. The third kappa shape index (κ3) is 4.37. The predicted molar refractivity (Wildman–Crippen MR) is 115 cm³/mol. The molecule has 0 radical (unpaired) electrons. The van der Waals surface area contributed by atoms with Crippen LogP contribution in [0.2, 0.25) is 0 Å². The molecule has 28 heavy (non-hydrogen) atoms. The average Bonchev–Trinajstić information content (AvgIpc) is 3.31. The number of unbranched alkanes of at least 4 members (excludes halogenated alkanes) is 1. The molecule has 0 spiro atoms. The minimum atomic E-state index is 0.930. The van der Waals surface area contributed by atoms with Crippen molar-refractivity contribution in [3.05, 3.63) is 76.2 Å². The second-order valence-electron chi connectivity index (χ2n) is 7.02. The number of benzene rings is 2. The maximum absolute atomic E-state index is 4.64. The Bertz CT molecular complexity index is 1050. The molecule has 4 rings (SSSR count). The van der Waals surface area contributed by atoms with Gasteiger partial charge < -0.3 is 0 Å². The topological polar surface area (TPSA) is 43.6 Å². The van der Waals surface area contributed by atoms with E-state index in [1.54, 1.807) is 16.1 Å². The number of nitrogens with zero attached hydrogens (tertiary/aromatic N) is 4. The van der Waals surface area contributed by atoms with Crippen molar-refractivity contribution in [3.8, 4) is 22.5 Å². The van der Waals surface area contributed by atoms with E-state index in [4.69, 9.17) is 0 Å². The molecule has 2 aromatic heterocycles. The van der Waals surface area contributed by atoms with Gasteiger partial charge in [0.1, 0.15) is 11.4 Å². The van der Waals surface area contributed by atoms with E-state index in [2.05, 4.69) is 63.9 Å². The van der Waals surface area contributed by atoms with Gasteiger partial charge in [-0.3, -0.25) is 0 Å². The Balaban J connectivity index is 1.47. The summed E-state index contributed by atoms with van der Waals surface area (Å²) < 4.78 is 0. The van der Waals surface area contributed by atoms with E-state index in [0.717, 1.165) is 53.2 Å². The molecule has 2 heterocycles. The third-order valence-electron chi connectivity index (χ3n) is 4.78. The second-order valence-corrected chi connectivity index (χ2v) is 8.08. The van der Waals surface area contributed by atoms with Gasteiger partial charge in [-0.25, -0.2) is 4.98 Å². The smallest absolute Gasteiger partial charge is 0.121 e. The van der Waals surface area contributed by atoms with Crippen molar-refractivity contribution in [1.29, 1.82) is 0 Å². The highest BCUT2D eigenvalue weighted by Crippen LogP contribution is 2.29. The first-order chi connectivity index (χ1) is 13.7. The summed E-state index contributed by atoms with van der Waals surface area (Å²) in [6.45, 7) is 2.07. The zero-order valence-corrected chi connectivity index (χ0v) is 17.1. The Labute approximate surface area is 169 Å². The first kappa shape index (κ1) is 18.6. The van der Waals surface area contributed by atoms with Crippen LogP contribution in [0.1, 0.15) is 29.1 Å². The molecule has 142 valence electrons. The van der Waals surface area contributed by atoms with Crippen LogP contribution in [0.25, 0.3) is 22.5 Å². The highest BCUT2D eigenvalue weighted by molar-refractivity contribution is 7.09. The molecule has 0 aliphatic heterocycles. The molecule has 0 bridgehead atoms. The number of thiazole rings is 1. The monoisotopic (exact) mass is 388 g/mol. The molecule has 0 amide bonds. The predicted octanol–water partition coefficient (Wildman–Crippen LogP) is 5.48. The lowest BCUT2D eigenvalue weighted by atomic mass is 10.0. The van der Waals surface area contributed by atoms with Crippen molar-refractivity contribution in [2.45, 2.75) is 32.6 Å². The molecular weight excluding hydrogens is 364 g/mol. The van der Waals surface area contributed by atoms with E-state index in [0.29, 0.717) is 0 Å². The minimum absolute atomic E-state index is 0.930. The maximum atomic E-state index is 4.64. The molecule has 0 fully saturated rings. The summed E-state index contributed by atoms with van der Waals surface area (Å²) in [5.74, 6) is 0. The Morgan fingerprint density at radius 1 is 0.857 bits per heavy atom. The van der Waals surface area contributed by atoms with E-state index < -0.39 is 0 Å². The lowest BCUT2D eigenvalue weighted by Gasteiger charge is -2.05. The molecule has 2 aromatic carbocycles. The van der Waals surface area contributed by atoms with Gasteiger partial charge in [-0.2, -0.15) is 15.0 Å². The van der Waals surface area contributed by atoms with Gasteiger partial charge in [0.15, 0.2) is 0 Å². The van der Waals surface area contributed by atoms with Crippen LogP contribution in [0, 0.1) is 6.92 Å². The van der Waals surface area contributed by atoms with Gasteiger partial charge in [-0.1, -0.05) is 48.5 Å². The number of aryl methyl sites for hydroxylation is 4. The molecule has 0 aliphatic carbocycles. The lowest BCUT2D eigenvalue weighted by Crippen LogP contribution is -1.92. The summed E-state index contributed by atoms with van der Waals surface area (Å²) in [4.78, 5) is 6.20. The van der Waals surface area contributed by atoms with Crippen LogP contribution in [0.5, 0.6) is 0 Å². The van der Waals surface area contributed by atoms with Crippen LogP contribution in [0.4, 0.5) is 0 Å². The van der Waals surface area contributed by atoms with Crippen LogP contribution in [-0.2, 0) is 19.9 Å². The highest BCUT2D eigenvalue weighted by atomic mass is 32.1. The van der Waals surface area contributed by atoms with E-state index in [1.807, 2.05) is 25.2 Å². The van der Waals surface area contributed by atoms with E-state index in [9.17, 15) is 0 Å². The fraction of sp³-hybridized carbons (Fsp3) is 0.261. The van der Waals surface area contributed by atoms with Crippen molar-refractivity contribution in [2.24, 2.45) is 7.05 Å². The third-order valence-corrected chi connectivity index (χ3v) is 5.60. The molecule has 5 heteroatoms. The molecular formula is C23H24N4S. The Hall–Kier alpha value is -2.79. The van der Waals surface area contributed by atoms with Crippen LogP contribution < -0.4 is 0 Å². The molecule has 0 N–H and O–H groups in total. The minimum Gasteiger partial charge on any atom is -0.247 e. The molecule has 0 unspecified atom stereocenters. The Morgan fingerprint density at radius 2 is 1.57 bits per heavy atom. The zero-order valence-electron chi connectivity index (χ0n) is 16.3. The largest absolute Gasteiger partial charge is 0.247 e. The van der Waals surface area contributed by atoms with E-state index in [-0.39, 0.29) is 0 Å². The lowest BCUT2D eigenvalue weighted by molar-refractivity contribution is 0.657. The quantitative estimate of drug-likeness (QED) is 0.394. The van der Waals surface area contributed by atoms with Crippen molar-refractivity contribution >= 4 is 11.3 Å². The van der Waals surface area contributed by atoms with Gasteiger partial charge in [0.25, 0.3) is 0 Å². The molecule has 4 aromatic rings. The van der Waals surface area contributed by atoms with Gasteiger partial charge in [0, 0.05) is 23.6 Å². The van der Waals surface area contributed by atoms with Crippen LogP contribution in [0.3, 0.4) is 0 Å². The fourth-order valence-corrected chi connectivity index (χ4v) is 4.07. The summed E-state index contributed by atoms with van der Waals surface area (Å²) in [5, 5.41) is 12.6. The van der Waals surface area contributed by atoms with E-state index >= 15 is 0 Å². The zero-order chi connectivity index (χ0) is 19.3. The van der Waals surface area contributed by atoms with Gasteiger partial charge in [-0.05, 0) is 44.2 Å². The summed E-state index contributed by atoms with van der Waals surface area (Å²) >= 11 is 1.73. The maximum Gasteiger partial charge on any atom is 0.121 e.